The summed E-state index contributed by atoms with van der Waals surface area (Å²) in [5.41, 5.74) is 7.12. The molecule has 0 aliphatic heterocycles. The van der Waals surface area contributed by atoms with Crippen molar-refractivity contribution >= 4 is 16.7 Å². The summed E-state index contributed by atoms with van der Waals surface area (Å²) in [4.78, 5) is 8.83. The molecule has 0 aliphatic rings. The smallest absolute Gasteiger partial charge is 0.170 e. The summed E-state index contributed by atoms with van der Waals surface area (Å²) in [6, 6.07) is 9.24. The van der Waals surface area contributed by atoms with E-state index in [9.17, 15) is 0 Å². The van der Waals surface area contributed by atoms with Gasteiger partial charge in [0.05, 0.1) is 5.52 Å². The van der Waals surface area contributed by atoms with Crippen LogP contribution in [-0.2, 0) is 0 Å². The first-order valence-electron chi connectivity index (χ1n) is 6.38. The number of aromatic nitrogens is 4. The van der Waals surface area contributed by atoms with Gasteiger partial charge in [-0.2, -0.15) is 4.68 Å². The van der Waals surface area contributed by atoms with Crippen LogP contribution in [0.1, 0.15) is 17.2 Å². The number of oxime groups is 1. The standard InChI is InChI=1S/C14H14N6O/c1-8-16-9(2)20(18-8)13-7-11(14(15)19-21)10-5-3-4-6-12(10)17-13/h3-7,21H,1-2H3,(H2,15,19). The van der Waals surface area contributed by atoms with Crippen molar-refractivity contribution < 1.29 is 5.21 Å². The predicted molar refractivity (Wildman–Crippen MR) is 78.6 cm³/mol. The lowest BCUT2D eigenvalue weighted by Crippen LogP contribution is -2.15. The molecule has 0 saturated heterocycles. The van der Waals surface area contributed by atoms with E-state index in [-0.39, 0.29) is 5.84 Å². The Morgan fingerprint density at radius 1 is 1.24 bits per heavy atom. The molecule has 21 heavy (non-hydrogen) atoms. The zero-order chi connectivity index (χ0) is 15.0. The minimum absolute atomic E-state index is 0.0318. The third kappa shape index (κ3) is 2.18. The maximum atomic E-state index is 8.98. The SMILES string of the molecule is Cc1nc(C)n(-c2cc(C(N)=NO)c3ccccc3n2)n1. The van der Waals surface area contributed by atoms with Gasteiger partial charge in [0.1, 0.15) is 11.6 Å². The third-order valence-corrected chi connectivity index (χ3v) is 3.18. The molecule has 0 atom stereocenters. The van der Waals surface area contributed by atoms with Crippen LogP contribution in [0.2, 0.25) is 0 Å². The summed E-state index contributed by atoms with van der Waals surface area (Å²) >= 11 is 0. The van der Waals surface area contributed by atoms with E-state index in [1.54, 1.807) is 10.7 Å². The predicted octanol–water partition coefficient (Wildman–Crippen LogP) is 1.53. The second-order valence-electron chi connectivity index (χ2n) is 4.65. The van der Waals surface area contributed by atoms with Gasteiger partial charge in [-0.15, -0.1) is 5.10 Å². The Morgan fingerprint density at radius 3 is 2.67 bits per heavy atom. The molecule has 0 spiro atoms. The number of aryl methyl sites for hydroxylation is 2. The second kappa shape index (κ2) is 4.86. The van der Waals surface area contributed by atoms with Crippen molar-refractivity contribution in [2.75, 3.05) is 0 Å². The summed E-state index contributed by atoms with van der Waals surface area (Å²) in [5.74, 6) is 1.99. The van der Waals surface area contributed by atoms with Crippen molar-refractivity contribution in [3.8, 4) is 5.82 Å². The number of pyridine rings is 1. The van der Waals surface area contributed by atoms with E-state index in [2.05, 4.69) is 20.2 Å². The van der Waals surface area contributed by atoms with Gasteiger partial charge in [-0.1, -0.05) is 23.4 Å². The fourth-order valence-corrected chi connectivity index (χ4v) is 2.27. The topological polar surface area (TPSA) is 102 Å². The second-order valence-corrected chi connectivity index (χ2v) is 4.65. The molecule has 0 amide bonds. The van der Waals surface area contributed by atoms with Crippen LogP contribution in [0.15, 0.2) is 35.5 Å². The lowest BCUT2D eigenvalue weighted by molar-refractivity contribution is 0.318. The first-order chi connectivity index (χ1) is 10.1. The van der Waals surface area contributed by atoms with Crippen LogP contribution < -0.4 is 5.73 Å². The van der Waals surface area contributed by atoms with Crippen LogP contribution in [-0.4, -0.2) is 30.8 Å². The lowest BCUT2D eigenvalue weighted by Gasteiger charge is -2.09. The highest BCUT2D eigenvalue weighted by Gasteiger charge is 2.13. The minimum Gasteiger partial charge on any atom is -0.409 e. The molecule has 0 aliphatic carbocycles. The van der Waals surface area contributed by atoms with Crippen molar-refractivity contribution in [3.05, 3.63) is 47.5 Å². The number of rotatable bonds is 2. The van der Waals surface area contributed by atoms with Crippen LogP contribution in [0.4, 0.5) is 0 Å². The zero-order valence-electron chi connectivity index (χ0n) is 11.6. The highest BCUT2D eigenvalue weighted by molar-refractivity contribution is 6.08. The molecule has 3 rings (SSSR count). The summed E-state index contributed by atoms with van der Waals surface area (Å²) in [5, 5.41) is 17.2. The Bertz CT molecular complexity index is 852. The van der Waals surface area contributed by atoms with Crippen LogP contribution in [0.3, 0.4) is 0 Å². The highest BCUT2D eigenvalue weighted by Crippen LogP contribution is 2.20. The van der Waals surface area contributed by atoms with Gasteiger partial charge in [-0.3, -0.25) is 0 Å². The molecule has 3 N–H and O–H groups in total. The molecule has 7 heteroatoms. The van der Waals surface area contributed by atoms with Gasteiger partial charge in [0, 0.05) is 10.9 Å². The number of benzene rings is 1. The molecule has 0 saturated carbocycles. The van der Waals surface area contributed by atoms with E-state index >= 15 is 0 Å². The van der Waals surface area contributed by atoms with Crippen LogP contribution in [0.5, 0.6) is 0 Å². The quantitative estimate of drug-likeness (QED) is 0.321. The number of amidine groups is 1. The van der Waals surface area contributed by atoms with Crippen molar-refractivity contribution in [2.45, 2.75) is 13.8 Å². The number of nitrogens with zero attached hydrogens (tertiary/aromatic N) is 5. The van der Waals surface area contributed by atoms with Gasteiger partial charge in [-0.05, 0) is 26.0 Å². The molecule has 0 radical (unpaired) electrons. The van der Waals surface area contributed by atoms with Gasteiger partial charge in [0.2, 0.25) is 0 Å². The van der Waals surface area contributed by atoms with E-state index in [4.69, 9.17) is 10.9 Å². The van der Waals surface area contributed by atoms with Crippen molar-refractivity contribution in [1.29, 1.82) is 0 Å². The minimum atomic E-state index is 0.0318. The normalized spacial score (nSPS) is 12.0. The number of nitrogens with two attached hydrogens (primary N) is 1. The molecule has 0 unspecified atom stereocenters. The molecule has 0 bridgehead atoms. The Kier molecular flexibility index (Phi) is 3.02. The average Bonchev–Trinajstić information content (AvgIpc) is 2.84. The largest absolute Gasteiger partial charge is 0.409 e. The summed E-state index contributed by atoms with van der Waals surface area (Å²) < 4.78 is 1.63. The average molecular weight is 282 g/mol. The Hall–Kier alpha value is -2.96. The first kappa shape index (κ1) is 13.0. The van der Waals surface area contributed by atoms with E-state index < -0.39 is 0 Å². The van der Waals surface area contributed by atoms with E-state index in [0.717, 1.165) is 16.7 Å². The number of hydrogen-bond donors (Lipinski definition) is 2. The third-order valence-electron chi connectivity index (χ3n) is 3.18. The van der Waals surface area contributed by atoms with Gasteiger partial charge in [0.25, 0.3) is 0 Å². The van der Waals surface area contributed by atoms with E-state index in [0.29, 0.717) is 17.2 Å². The van der Waals surface area contributed by atoms with Gasteiger partial charge < -0.3 is 10.9 Å². The lowest BCUT2D eigenvalue weighted by atomic mass is 10.1. The number of para-hydroxylation sites is 1. The molecule has 7 nitrogen and oxygen atoms in total. The molecule has 1 aromatic carbocycles. The zero-order valence-corrected chi connectivity index (χ0v) is 11.6. The number of fused-ring (bicyclic) bond motifs is 1. The van der Waals surface area contributed by atoms with Gasteiger partial charge in [-0.25, -0.2) is 9.97 Å². The summed E-state index contributed by atoms with van der Waals surface area (Å²) in [7, 11) is 0. The Balaban J connectivity index is 2.33. The monoisotopic (exact) mass is 282 g/mol. The highest BCUT2D eigenvalue weighted by atomic mass is 16.4. The van der Waals surface area contributed by atoms with Crippen molar-refractivity contribution in [3.63, 3.8) is 0 Å². The fraction of sp³-hybridized carbons (Fsp3) is 0.143. The van der Waals surface area contributed by atoms with Gasteiger partial charge in [0.15, 0.2) is 11.7 Å². The van der Waals surface area contributed by atoms with Gasteiger partial charge >= 0.3 is 0 Å². The number of hydrogen-bond acceptors (Lipinski definition) is 5. The summed E-state index contributed by atoms with van der Waals surface area (Å²) in [6.45, 7) is 3.66. The van der Waals surface area contributed by atoms with Crippen LogP contribution in [0.25, 0.3) is 16.7 Å². The maximum absolute atomic E-state index is 8.98. The van der Waals surface area contributed by atoms with E-state index in [1.807, 2.05) is 38.1 Å². The molecule has 106 valence electrons. The maximum Gasteiger partial charge on any atom is 0.170 e. The molecule has 3 aromatic rings. The molecule has 2 heterocycles. The van der Waals surface area contributed by atoms with Crippen molar-refractivity contribution in [1.82, 2.24) is 19.7 Å². The van der Waals surface area contributed by atoms with Crippen molar-refractivity contribution in [2.24, 2.45) is 10.9 Å². The fourth-order valence-electron chi connectivity index (χ4n) is 2.27. The molecule has 0 fully saturated rings. The Morgan fingerprint density at radius 2 is 2.00 bits per heavy atom. The molecule has 2 aromatic heterocycles. The van der Waals surface area contributed by atoms with Crippen LogP contribution >= 0.6 is 0 Å². The van der Waals surface area contributed by atoms with E-state index in [1.165, 1.54) is 0 Å². The first-order valence-corrected chi connectivity index (χ1v) is 6.38. The Labute approximate surface area is 120 Å². The molecular weight excluding hydrogens is 268 g/mol. The molecular formula is C14H14N6O. The summed E-state index contributed by atoms with van der Waals surface area (Å²) in [6.07, 6.45) is 0. The van der Waals surface area contributed by atoms with Crippen LogP contribution in [0, 0.1) is 13.8 Å².